The molecule has 1 rings (SSSR count). The SMILES string of the molecule is COc1ccc([N+](=O)[O-])cc1CCC(C)(C)N. The summed E-state index contributed by atoms with van der Waals surface area (Å²) in [5.74, 6) is 0.667. The lowest BCUT2D eigenvalue weighted by Crippen LogP contribution is -2.32. The molecule has 5 nitrogen and oxygen atoms in total. The van der Waals surface area contributed by atoms with E-state index in [0.29, 0.717) is 12.2 Å². The molecule has 0 aliphatic heterocycles. The second kappa shape index (κ2) is 5.14. The summed E-state index contributed by atoms with van der Waals surface area (Å²) < 4.78 is 5.18. The third-order valence-electron chi connectivity index (χ3n) is 2.51. The van der Waals surface area contributed by atoms with Crippen molar-refractivity contribution in [1.29, 1.82) is 0 Å². The first-order chi connectivity index (χ1) is 7.83. The van der Waals surface area contributed by atoms with Crippen molar-refractivity contribution in [3.63, 3.8) is 0 Å². The van der Waals surface area contributed by atoms with Gasteiger partial charge in [0.2, 0.25) is 0 Å². The van der Waals surface area contributed by atoms with Crippen LogP contribution in [0.2, 0.25) is 0 Å². The van der Waals surface area contributed by atoms with Gasteiger partial charge >= 0.3 is 0 Å². The number of rotatable bonds is 5. The molecule has 0 bridgehead atoms. The number of non-ortho nitro benzene ring substituents is 1. The van der Waals surface area contributed by atoms with E-state index in [1.165, 1.54) is 6.07 Å². The third kappa shape index (κ3) is 4.03. The van der Waals surface area contributed by atoms with Crippen LogP contribution in [0, 0.1) is 10.1 Å². The predicted octanol–water partition coefficient (Wildman–Crippen LogP) is 2.27. The highest BCUT2D eigenvalue weighted by molar-refractivity contribution is 5.43. The Morgan fingerprint density at radius 2 is 2.12 bits per heavy atom. The Balaban J connectivity index is 2.94. The van der Waals surface area contributed by atoms with Crippen LogP contribution in [-0.4, -0.2) is 17.6 Å². The molecule has 0 saturated carbocycles. The van der Waals surface area contributed by atoms with E-state index in [2.05, 4.69) is 0 Å². The summed E-state index contributed by atoms with van der Waals surface area (Å²) in [5, 5.41) is 10.7. The van der Waals surface area contributed by atoms with E-state index in [1.807, 2.05) is 13.8 Å². The molecule has 94 valence electrons. The Labute approximate surface area is 101 Å². The maximum atomic E-state index is 10.7. The Hall–Kier alpha value is -1.62. The zero-order valence-corrected chi connectivity index (χ0v) is 10.4. The minimum absolute atomic E-state index is 0.0793. The van der Waals surface area contributed by atoms with Crippen molar-refractivity contribution < 1.29 is 9.66 Å². The number of nitro benzene ring substituents is 1. The molecule has 2 N–H and O–H groups in total. The van der Waals surface area contributed by atoms with Crippen molar-refractivity contribution in [1.82, 2.24) is 0 Å². The number of hydrogen-bond donors (Lipinski definition) is 1. The molecule has 17 heavy (non-hydrogen) atoms. The molecular weight excluding hydrogens is 220 g/mol. The molecule has 1 aromatic carbocycles. The number of nitrogens with two attached hydrogens (primary N) is 1. The molecule has 0 aromatic heterocycles. The van der Waals surface area contributed by atoms with E-state index in [-0.39, 0.29) is 11.2 Å². The first kappa shape index (κ1) is 13.4. The fraction of sp³-hybridized carbons (Fsp3) is 0.500. The molecule has 1 aromatic rings. The zero-order chi connectivity index (χ0) is 13.1. The molecule has 0 atom stereocenters. The number of methoxy groups -OCH3 is 1. The largest absolute Gasteiger partial charge is 0.496 e. The van der Waals surface area contributed by atoms with Crippen LogP contribution in [0.1, 0.15) is 25.8 Å². The maximum Gasteiger partial charge on any atom is 0.269 e. The van der Waals surface area contributed by atoms with Gasteiger partial charge < -0.3 is 10.5 Å². The standard InChI is InChI=1S/C12H18N2O3/c1-12(2,13)7-6-9-8-10(14(15)16)4-5-11(9)17-3/h4-5,8H,6-7,13H2,1-3H3. The van der Waals surface area contributed by atoms with Crippen LogP contribution >= 0.6 is 0 Å². The van der Waals surface area contributed by atoms with Crippen LogP contribution in [0.3, 0.4) is 0 Å². The normalized spacial score (nSPS) is 11.3. The summed E-state index contributed by atoms with van der Waals surface area (Å²) in [6.45, 7) is 3.85. The van der Waals surface area contributed by atoms with Crippen LogP contribution < -0.4 is 10.5 Å². The third-order valence-corrected chi connectivity index (χ3v) is 2.51. The minimum Gasteiger partial charge on any atom is -0.496 e. The zero-order valence-electron chi connectivity index (χ0n) is 10.4. The van der Waals surface area contributed by atoms with Gasteiger partial charge in [-0.25, -0.2) is 0 Å². The lowest BCUT2D eigenvalue weighted by atomic mass is 9.96. The number of nitro groups is 1. The highest BCUT2D eigenvalue weighted by atomic mass is 16.6. The van der Waals surface area contributed by atoms with Crippen LogP contribution in [0.15, 0.2) is 18.2 Å². The van der Waals surface area contributed by atoms with Crippen molar-refractivity contribution in [2.75, 3.05) is 7.11 Å². The van der Waals surface area contributed by atoms with Gasteiger partial charge in [0.15, 0.2) is 0 Å². The Morgan fingerprint density at radius 3 is 2.59 bits per heavy atom. The monoisotopic (exact) mass is 238 g/mol. The molecule has 0 radical (unpaired) electrons. The summed E-state index contributed by atoms with van der Waals surface area (Å²) in [5.41, 5.74) is 6.50. The summed E-state index contributed by atoms with van der Waals surface area (Å²) in [6.07, 6.45) is 1.40. The smallest absolute Gasteiger partial charge is 0.269 e. The number of benzene rings is 1. The van der Waals surface area contributed by atoms with Crippen molar-refractivity contribution in [3.05, 3.63) is 33.9 Å². The molecule has 0 saturated heterocycles. The van der Waals surface area contributed by atoms with E-state index in [1.54, 1.807) is 19.2 Å². The van der Waals surface area contributed by atoms with Gasteiger partial charge in [0, 0.05) is 23.2 Å². The molecule has 0 aliphatic carbocycles. The fourth-order valence-corrected chi connectivity index (χ4v) is 1.53. The highest BCUT2D eigenvalue weighted by Gasteiger charge is 2.15. The van der Waals surface area contributed by atoms with E-state index < -0.39 is 4.92 Å². The average molecular weight is 238 g/mol. The van der Waals surface area contributed by atoms with E-state index in [4.69, 9.17) is 10.5 Å². The van der Waals surface area contributed by atoms with Crippen molar-refractivity contribution in [2.45, 2.75) is 32.2 Å². The van der Waals surface area contributed by atoms with Gasteiger partial charge in [0.25, 0.3) is 5.69 Å². The molecular formula is C12H18N2O3. The molecule has 0 heterocycles. The average Bonchev–Trinajstić information content (AvgIpc) is 2.24. The quantitative estimate of drug-likeness (QED) is 0.630. The molecule has 0 aliphatic rings. The molecule has 5 heteroatoms. The Kier molecular flexibility index (Phi) is 4.07. The van der Waals surface area contributed by atoms with E-state index in [0.717, 1.165) is 12.0 Å². The summed E-state index contributed by atoms with van der Waals surface area (Å²) in [4.78, 5) is 10.3. The van der Waals surface area contributed by atoms with Gasteiger partial charge in [-0.2, -0.15) is 0 Å². The van der Waals surface area contributed by atoms with Gasteiger partial charge in [0.1, 0.15) is 5.75 Å². The Morgan fingerprint density at radius 1 is 1.47 bits per heavy atom. The summed E-state index contributed by atoms with van der Waals surface area (Å²) in [6, 6.07) is 4.61. The lowest BCUT2D eigenvalue weighted by Gasteiger charge is -2.18. The molecule has 0 fully saturated rings. The number of nitrogens with zero attached hydrogens (tertiary/aromatic N) is 1. The van der Waals surface area contributed by atoms with E-state index in [9.17, 15) is 10.1 Å². The fourth-order valence-electron chi connectivity index (χ4n) is 1.53. The first-order valence-corrected chi connectivity index (χ1v) is 5.43. The van der Waals surface area contributed by atoms with Gasteiger partial charge in [-0.15, -0.1) is 0 Å². The second-order valence-corrected chi connectivity index (χ2v) is 4.74. The van der Waals surface area contributed by atoms with Crippen molar-refractivity contribution in [2.24, 2.45) is 5.73 Å². The topological polar surface area (TPSA) is 78.4 Å². The lowest BCUT2D eigenvalue weighted by molar-refractivity contribution is -0.384. The van der Waals surface area contributed by atoms with Crippen molar-refractivity contribution >= 4 is 5.69 Å². The van der Waals surface area contributed by atoms with Crippen LogP contribution in [0.5, 0.6) is 5.75 Å². The van der Waals surface area contributed by atoms with Crippen molar-refractivity contribution in [3.8, 4) is 5.75 Å². The maximum absolute atomic E-state index is 10.7. The molecule has 0 spiro atoms. The second-order valence-electron chi connectivity index (χ2n) is 4.74. The van der Waals surface area contributed by atoms with Gasteiger partial charge in [-0.05, 0) is 32.8 Å². The number of ether oxygens (including phenoxy) is 1. The minimum atomic E-state index is -0.406. The van der Waals surface area contributed by atoms with Gasteiger partial charge in [0.05, 0.1) is 12.0 Å². The highest BCUT2D eigenvalue weighted by Crippen LogP contribution is 2.26. The number of aryl methyl sites for hydroxylation is 1. The van der Waals surface area contributed by atoms with Crippen LogP contribution in [0.4, 0.5) is 5.69 Å². The predicted molar refractivity (Wildman–Crippen MR) is 66.2 cm³/mol. The van der Waals surface area contributed by atoms with Gasteiger partial charge in [-0.3, -0.25) is 10.1 Å². The van der Waals surface area contributed by atoms with Crippen LogP contribution in [0.25, 0.3) is 0 Å². The van der Waals surface area contributed by atoms with Gasteiger partial charge in [-0.1, -0.05) is 0 Å². The van der Waals surface area contributed by atoms with E-state index >= 15 is 0 Å². The Bertz CT molecular complexity index is 411. The summed E-state index contributed by atoms with van der Waals surface area (Å²) >= 11 is 0. The molecule has 0 amide bonds. The van der Waals surface area contributed by atoms with Crippen LogP contribution in [-0.2, 0) is 6.42 Å². The molecule has 0 unspecified atom stereocenters. The summed E-state index contributed by atoms with van der Waals surface area (Å²) in [7, 11) is 1.55. The first-order valence-electron chi connectivity index (χ1n) is 5.43. The number of hydrogen-bond acceptors (Lipinski definition) is 4.